The van der Waals surface area contributed by atoms with Crippen LogP contribution in [0, 0.1) is 5.82 Å². The number of carbonyl (C=O) groups excluding carboxylic acids is 1. The van der Waals surface area contributed by atoms with Crippen LogP contribution in [0.25, 0.3) is 5.69 Å². The molecule has 1 fully saturated rings. The monoisotopic (exact) mass is 350 g/mol. The second-order valence-electron chi connectivity index (χ2n) is 6.03. The molecule has 2 aliphatic rings. The fourth-order valence-electron chi connectivity index (χ4n) is 3.45. The number of nitrogens with one attached hydrogen (secondary N) is 1. The van der Waals surface area contributed by atoms with E-state index in [0.29, 0.717) is 24.5 Å². The molecule has 1 saturated heterocycles. The predicted molar refractivity (Wildman–Crippen MR) is 91.6 cm³/mol. The summed E-state index contributed by atoms with van der Waals surface area (Å²) in [5.41, 5.74) is 2.90. The lowest BCUT2D eigenvalue weighted by molar-refractivity contribution is 0.0728. The Bertz CT molecular complexity index is 755. The lowest BCUT2D eigenvalue weighted by Crippen LogP contribution is -2.46. The zero-order valence-corrected chi connectivity index (χ0v) is 14.1. The number of para-hydroxylation sites is 1. The number of benzene rings is 1. The Morgan fingerprint density at radius 1 is 1.17 bits per heavy atom. The highest BCUT2D eigenvalue weighted by Crippen LogP contribution is 2.29. The Labute approximate surface area is 146 Å². The number of amides is 1. The highest BCUT2D eigenvalue weighted by molar-refractivity contribution is 5.94. The smallest absolute Gasteiger partial charge is 0.274 e. The number of fused-ring (bicyclic) bond motifs is 1. The molecule has 2 heterocycles. The lowest BCUT2D eigenvalue weighted by Gasteiger charge is -2.26. The van der Waals surface area contributed by atoms with Crippen LogP contribution < -0.4 is 5.32 Å². The van der Waals surface area contributed by atoms with Gasteiger partial charge in [-0.3, -0.25) is 4.79 Å². The van der Waals surface area contributed by atoms with E-state index in [-0.39, 0.29) is 24.1 Å². The maximum Gasteiger partial charge on any atom is 0.274 e. The van der Waals surface area contributed by atoms with Crippen molar-refractivity contribution in [2.45, 2.75) is 19.3 Å². The predicted octanol–water partition coefficient (Wildman–Crippen LogP) is 1.97. The zero-order valence-electron chi connectivity index (χ0n) is 13.3. The van der Waals surface area contributed by atoms with Gasteiger partial charge in [0.1, 0.15) is 11.5 Å². The first-order chi connectivity index (χ1) is 11.3. The summed E-state index contributed by atoms with van der Waals surface area (Å²) in [5.74, 6) is -0.342. The van der Waals surface area contributed by atoms with Crippen LogP contribution in [0.1, 0.15) is 28.2 Å². The van der Waals surface area contributed by atoms with Gasteiger partial charge in [0.25, 0.3) is 5.91 Å². The summed E-state index contributed by atoms with van der Waals surface area (Å²) in [4.78, 5) is 14.7. The van der Waals surface area contributed by atoms with Gasteiger partial charge in [0.15, 0.2) is 5.69 Å². The third-order valence-corrected chi connectivity index (χ3v) is 4.62. The van der Waals surface area contributed by atoms with Crippen molar-refractivity contribution < 1.29 is 9.18 Å². The van der Waals surface area contributed by atoms with Crippen molar-refractivity contribution in [1.82, 2.24) is 20.0 Å². The summed E-state index contributed by atoms with van der Waals surface area (Å²) in [6, 6.07) is 6.59. The molecule has 0 atom stereocenters. The summed E-state index contributed by atoms with van der Waals surface area (Å²) in [7, 11) is 0. The first kappa shape index (κ1) is 16.9. The first-order valence-corrected chi connectivity index (χ1v) is 8.11. The number of hydrogen-bond acceptors (Lipinski definition) is 3. The van der Waals surface area contributed by atoms with E-state index in [1.807, 2.05) is 4.90 Å². The normalized spacial score (nSPS) is 16.6. The van der Waals surface area contributed by atoms with E-state index in [1.165, 1.54) is 6.07 Å². The van der Waals surface area contributed by atoms with Gasteiger partial charge in [-0.05, 0) is 31.4 Å². The maximum absolute atomic E-state index is 14.1. The molecule has 24 heavy (non-hydrogen) atoms. The van der Waals surface area contributed by atoms with E-state index in [2.05, 4.69) is 10.4 Å². The van der Waals surface area contributed by atoms with Crippen molar-refractivity contribution in [3.63, 3.8) is 0 Å². The van der Waals surface area contributed by atoms with Gasteiger partial charge in [-0.15, -0.1) is 12.4 Å². The number of halogens is 2. The average molecular weight is 351 g/mol. The Morgan fingerprint density at radius 3 is 2.67 bits per heavy atom. The van der Waals surface area contributed by atoms with Crippen LogP contribution in [-0.4, -0.2) is 46.8 Å². The minimum absolute atomic E-state index is 0. The third-order valence-electron chi connectivity index (χ3n) is 4.62. The molecule has 1 aliphatic carbocycles. The van der Waals surface area contributed by atoms with Crippen molar-refractivity contribution in [3.05, 3.63) is 47.0 Å². The molecule has 1 amide bonds. The summed E-state index contributed by atoms with van der Waals surface area (Å²) >= 11 is 0. The van der Waals surface area contributed by atoms with Gasteiger partial charge >= 0.3 is 0 Å². The largest absolute Gasteiger partial charge is 0.335 e. The fraction of sp³-hybridized carbons (Fsp3) is 0.412. The van der Waals surface area contributed by atoms with Gasteiger partial charge in [-0.25, -0.2) is 9.07 Å². The molecule has 1 aromatic heterocycles. The number of rotatable bonds is 2. The molecule has 0 radical (unpaired) electrons. The molecule has 0 bridgehead atoms. The Hall–Kier alpha value is -1.92. The van der Waals surface area contributed by atoms with E-state index in [1.54, 1.807) is 22.9 Å². The Morgan fingerprint density at radius 2 is 1.92 bits per heavy atom. The fourth-order valence-corrected chi connectivity index (χ4v) is 3.45. The van der Waals surface area contributed by atoms with Gasteiger partial charge in [-0.1, -0.05) is 12.1 Å². The third kappa shape index (κ3) is 2.80. The minimum atomic E-state index is -0.314. The summed E-state index contributed by atoms with van der Waals surface area (Å²) in [6.45, 7) is 3.00. The topological polar surface area (TPSA) is 50.2 Å². The molecule has 128 valence electrons. The zero-order chi connectivity index (χ0) is 15.8. The van der Waals surface area contributed by atoms with Gasteiger partial charge in [0, 0.05) is 37.4 Å². The van der Waals surface area contributed by atoms with Crippen molar-refractivity contribution >= 4 is 18.3 Å². The molecule has 1 N–H and O–H groups in total. The Kier molecular flexibility index (Phi) is 4.87. The van der Waals surface area contributed by atoms with Crippen molar-refractivity contribution in [3.8, 4) is 5.69 Å². The Balaban J connectivity index is 0.00000169. The van der Waals surface area contributed by atoms with E-state index < -0.39 is 0 Å². The summed E-state index contributed by atoms with van der Waals surface area (Å²) in [5, 5.41) is 7.75. The van der Waals surface area contributed by atoms with Gasteiger partial charge in [0.05, 0.1) is 0 Å². The van der Waals surface area contributed by atoms with Crippen molar-refractivity contribution in [2.24, 2.45) is 0 Å². The first-order valence-electron chi connectivity index (χ1n) is 8.11. The summed E-state index contributed by atoms with van der Waals surface area (Å²) in [6.07, 6.45) is 2.67. The van der Waals surface area contributed by atoms with E-state index >= 15 is 0 Å². The average Bonchev–Trinajstić information content (AvgIpc) is 3.18. The highest BCUT2D eigenvalue weighted by Gasteiger charge is 2.30. The van der Waals surface area contributed by atoms with Crippen molar-refractivity contribution in [1.29, 1.82) is 0 Å². The quantitative estimate of drug-likeness (QED) is 0.901. The standard InChI is InChI=1S/C17H19FN4O.ClH/c18-13-5-1-2-6-15(13)22-14-7-3-4-12(14)16(20-22)17(23)21-10-8-19-9-11-21;/h1-2,5-6,19H,3-4,7-11H2;1H. The number of hydrogen-bond donors (Lipinski definition) is 1. The van der Waals surface area contributed by atoms with Gasteiger partial charge in [0.2, 0.25) is 0 Å². The van der Waals surface area contributed by atoms with E-state index in [0.717, 1.165) is 43.6 Å². The second-order valence-corrected chi connectivity index (χ2v) is 6.03. The van der Waals surface area contributed by atoms with Crippen LogP contribution in [0.15, 0.2) is 24.3 Å². The number of aromatic nitrogens is 2. The molecule has 7 heteroatoms. The van der Waals surface area contributed by atoms with Crippen LogP contribution in [-0.2, 0) is 12.8 Å². The van der Waals surface area contributed by atoms with Crippen LogP contribution in [0.4, 0.5) is 4.39 Å². The number of carbonyl (C=O) groups is 1. The minimum Gasteiger partial charge on any atom is -0.335 e. The molecule has 4 rings (SSSR count). The lowest BCUT2D eigenvalue weighted by atomic mass is 10.1. The van der Waals surface area contributed by atoms with Crippen LogP contribution >= 0.6 is 12.4 Å². The summed E-state index contributed by atoms with van der Waals surface area (Å²) < 4.78 is 15.8. The SMILES string of the molecule is Cl.O=C(c1nn(-c2ccccc2F)c2c1CCC2)N1CCNCC1. The van der Waals surface area contributed by atoms with Crippen molar-refractivity contribution in [2.75, 3.05) is 26.2 Å². The molecular formula is C17H20ClFN4O. The molecule has 1 aliphatic heterocycles. The maximum atomic E-state index is 14.1. The van der Waals surface area contributed by atoms with Gasteiger partial charge < -0.3 is 10.2 Å². The second kappa shape index (κ2) is 6.91. The molecular weight excluding hydrogens is 331 g/mol. The van der Waals surface area contributed by atoms with E-state index in [4.69, 9.17) is 0 Å². The molecule has 0 saturated carbocycles. The molecule has 5 nitrogen and oxygen atoms in total. The molecule has 0 unspecified atom stereocenters. The molecule has 2 aromatic rings. The number of nitrogens with zero attached hydrogens (tertiary/aromatic N) is 3. The van der Waals surface area contributed by atoms with E-state index in [9.17, 15) is 9.18 Å². The number of piperazine rings is 1. The van der Waals surface area contributed by atoms with Crippen LogP contribution in [0.3, 0.4) is 0 Å². The van der Waals surface area contributed by atoms with Gasteiger partial charge in [-0.2, -0.15) is 5.10 Å². The molecule has 1 aromatic carbocycles. The van der Waals surface area contributed by atoms with Crippen LogP contribution in [0.2, 0.25) is 0 Å². The molecule has 0 spiro atoms. The highest BCUT2D eigenvalue weighted by atomic mass is 35.5. The van der Waals surface area contributed by atoms with Crippen LogP contribution in [0.5, 0.6) is 0 Å².